The quantitative estimate of drug-likeness (QED) is 0.500. The number of nitrogens with zero attached hydrogens (tertiary/aromatic N) is 2. The molecule has 0 unspecified atom stereocenters. The van der Waals surface area contributed by atoms with E-state index < -0.39 is 81.5 Å². The van der Waals surface area contributed by atoms with Gasteiger partial charge in [-0.3, -0.25) is 9.59 Å². The molecule has 0 fully saturated rings. The highest BCUT2D eigenvalue weighted by Gasteiger charge is 2.37. The molecular formula is C21H13F8N3O3. The van der Waals surface area contributed by atoms with Crippen molar-refractivity contribution in [2.45, 2.75) is 18.9 Å². The first-order chi connectivity index (χ1) is 16.1. The number of hydrogen-bond donors (Lipinski definition) is 2. The number of nitrogens with one attached hydrogen (secondary N) is 1. The molecule has 3 aromatic rings. The molecule has 14 heteroatoms. The molecule has 35 heavy (non-hydrogen) atoms. The van der Waals surface area contributed by atoms with Crippen LogP contribution in [0.15, 0.2) is 41.2 Å². The molecule has 2 N–H and O–H groups in total. The van der Waals surface area contributed by atoms with Crippen LogP contribution in [-0.4, -0.2) is 32.9 Å². The highest BCUT2D eigenvalue weighted by atomic mass is 19.4. The summed E-state index contributed by atoms with van der Waals surface area (Å²) in [5.41, 5.74) is -7.04. The molecule has 0 saturated heterocycles. The number of aromatic nitrogens is 2. The summed E-state index contributed by atoms with van der Waals surface area (Å²) in [4.78, 5) is 30.8. The summed E-state index contributed by atoms with van der Waals surface area (Å²) in [6, 6.07) is 3.35. The van der Waals surface area contributed by atoms with E-state index in [1.165, 1.54) is 0 Å². The van der Waals surface area contributed by atoms with Crippen molar-refractivity contribution in [3.63, 3.8) is 0 Å². The van der Waals surface area contributed by atoms with Gasteiger partial charge in [-0.1, -0.05) is 6.07 Å². The maximum Gasteiger partial charge on any atom is 0.416 e. The monoisotopic (exact) mass is 507 g/mol. The molecule has 1 amide bonds. The van der Waals surface area contributed by atoms with Crippen LogP contribution in [0.4, 0.5) is 35.1 Å². The number of aromatic hydroxyl groups is 1. The van der Waals surface area contributed by atoms with Gasteiger partial charge in [-0.25, -0.2) is 13.8 Å². The fraction of sp³-hybridized carbons (Fsp3) is 0.190. The zero-order chi connectivity index (χ0) is 26.3. The molecule has 0 atom stereocenters. The number of carbonyl (C=O) groups is 1. The third-order valence-electron chi connectivity index (χ3n) is 4.71. The highest BCUT2D eigenvalue weighted by Crippen LogP contribution is 2.36. The van der Waals surface area contributed by atoms with Crippen molar-refractivity contribution in [1.29, 1.82) is 0 Å². The summed E-state index contributed by atoms with van der Waals surface area (Å²) < 4.78 is 107. The number of halogens is 8. The zero-order valence-corrected chi connectivity index (χ0v) is 17.4. The van der Waals surface area contributed by atoms with E-state index >= 15 is 0 Å². The molecule has 1 heterocycles. The molecule has 186 valence electrons. The minimum Gasteiger partial charge on any atom is -0.501 e. The second-order valence-electron chi connectivity index (χ2n) is 7.28. The van der Waals surface area contributed by atoms with Gasteiger partial charge in [0.15, 0.2) is 5.69 Å². The standard InChI is InChI=1S/C21H13F8N3O3/c1-32(8-9-5-10(20(24,25)26)7-11(6-9)21(27,28)29)19(35)15-16(33)18(34)31-17(30-15)14-12(22)3-2-4-13(14)23/h2-7,33H,8H2,1H3,(H,30,31,34). The van der Waals surface area contributed by atoms with Crippen molar-refractivity contribution in [2.24, 2.45) is 0 Å². The number of alkyl halides is 6. The molecule has 0 saturated carbocycles. The summed E-state index contributed by atoms with van der Waals surface area (Å²) in [7, 11) is 0.946. The maximum absolute atomic E-state index is 14.1. The molecule has 1 aromatic heterocycles. The topological polar surface area (TPSA) is 86.3 Å². The van der Waals surface area contributed by atoms with Gasteiger partial charge < -0.3 is 15.0 Å². The first-order valence-corrected chi connectivity index (χ1v) is 9.41. The van der Waals surface area contributed by atoms with Gasteiger partial charge in [0.25, 0.3) is 11.5 Å². The number of rotatable bonds is 4. The molecule has 0 bridgehead atoms. The Kier molecular flexibility index (Phi) is 6.59. The molecule has 3 rings (SSSR count). The fourth-order valence-electron chi connectivity index (χ4n) is 3.10. The fourth-order valence-corrected chi connectivity index (χ4v) is 3.10. The minimum absolute atomic E-state index is 0.0926. The summed E-state index contributed by atoms with van der Waals surface area (Å²) in [6.45, 7) is -0.830. The van der Waals surface area contributed by atoms with E-state index in [2.05, 4.69) is 4.98 Å². The van der Waals surface area contributed by atoms with Gasteiger partial charge in [0, 0.05) is 13.6 Å². The van der Waals surface area contributed by atoms with Crippen LogP contribution in [0.25, 0.3) is 11.4 Å². The summed E-state index contributed by atoms with van der Waals surface area (Å²) in [6.07, 6.45) is -10.2. The van der Waals surface area contributed by atoms with Crippen LogP contribution in [0, 0.1) is 11.6 Å². The van der Waals surface area contributed by atoms with Crippen molar-refractivity contribution >= 4 is 5.91 Å². The molecule has 0 aliphatic heterocycles. The SMILES string of the molecule is CN(Cc1cc(C(F)(F)F)cc(C(F)(F)F)c1)C(=O)c1nc(-c2c(F)cccc2F)[nH]c(=O)c1O. The van der Waals surface area contributed by atoms with E-state index in [1.807, 2.05) is 4.98 Å². The minimum atomic E-state index is -5.12. The zero-order valence-electron chi connectivity index (χ0n) is 17.4. The van der Waals surface area contributed by atoms with Crippen molar-refractivity contribution in [3.05, 3.63) is 80.8 Å². The summed E-state index contributed by atoms with van der Waals surface area (Å²) in [5, 5.41) is 9.96. The first kappa shape index (κ1) is 25.6. The van der Waals surface area contributed by atoms with Crippen LogP contribution in [0.3, 0.4) is 0 Å². The predicted octanol–water partition coefficient (Wildman–Crippen LogP) is 4.73. The van der Waals surface area contributed by atoms with Crippen molar-refractivity contribution < 1.29 is 45.0 Å². The smallest absolute Gasteiger partial charge is 0.416 e. The molecule has 2 aromatic carbocycles. The lowest BCUT2D eigenvalue weighted by Crippen LogP contribution is -2.29. The summed E-state index contributed by atoms with van der Waals surface area (Å²) >= 11 is 0. The second-order valence-corrected chi connectivity index (χ2v) is 7.28. The van der Waals surface area contributed by atoms with E-state index in [0.29, 0.717) is 17.0 Å². The average Bonchev–Trinajstić information content (AvgIpc) is 2.74. The van der Waals surface area contributed by atoms with E-state index in [1.54, 1.807) is 0 Å². The normalized spacial score (nSPS) is 12.0. The van der Waals surface area contributed by atoms with Gasteiger partial charge >= 0.3 is 12.4 Å². The third-order valence-corrected chi connectivity index (χ3v) is 4.71. The maximum atomic E-state index is 14.1. The van der Waals surface area contributed by atoms with Gasteiger partial charge in [-0.2, -0.15) is 26.3 Å². The van der Waals surface area contributed by atoms with Crippen LogP contribution in [0.1, 0.15) is 27.2 Å². The number of benzene rings is 2. The first-order valence-electron chi connectivity index (χ1n) is 9.41. The van der Waals surface area contributed by atoms with Crippen LogP contribution < -0.4 is 5.56 Å². The molecule has 0 radical (unpaired) electrons. The van der Waals surface area contributed by atoms with Crippen LogP contribution >= 0.6 is 0 Å². The Hall–Kier alpha value is -3.97. The lowest BCUT2D eigenvalue weighted by Gasteiger charge is -2.20. The largest absolute Gasteiger partial charge is 0.501 e. The molecule has 0 aliphatic rings. The van der Waals surface area contributed by atoms with E-state index in [4.69, 9.17) is 0 Å². The predicted molar refractivity (Wildman–Crippen MR) is 104 cm³/mol. The number of hydrogen-bond acceptors (Lipinski definition) is 4. The highest BCUT2D eigenvalue weighted by molar-refractivity contribution is 5.95. The van der Waals surface area contributed by atoms with Crippen LogP contribution in [-0.2, 0) is 18.9 Å². The van der Waals surface area contributed by atoms with Crippen molar-refractivity contribution in [1.82, 2.24) is 14.9 Å². The van der Waals surface area contributed by atoms with Crippen LogP contribution in [0.5, 0.6) is 5.75 Å². The Labute approximate surface area is 190 Å². The van der Waals surface area contributed by atoms with E-state index in [9.17, 15) is 49.8 Å². The Morgan fingerprint density at radius 2 is 1.51 bits per heavy atom. The molecule has 0 aliphatic carbocycles. The van der Waals surface area contributed by atoms with E-state index in [-0.39, 0.29) is 6.07 Å². The number of amides is 1. The number of H-pyrrole nitrogens is 1. The van der Waals surface area contributed by atoms with Gasteiger partial charge in [0.1, 0.15) is 17.5 Å². The van der Waals surface area contributed by atoms with Gasteiger partial charge in [-0.15, -0.1) is 0 Å². The van der Waals surface area contributed by atoms with E-state index in [0.717, 1.165) is 25.2 Å². The Bertz CT molecular complexity index is 1300. The van der Waals surface area contributed by atoms with Crippen LogP contribution in [0.2, 0.25) is 0 Å². The lowest BCUT2D eigenvalue weighted by molar-refractivity contribution is -0.143. The van der Waals surface area contributed by atoms with Gasteiger partial charge in [0.2, 0.25) is 5.75 Å². The van der Waals surface area contributed by atoms with Crippen molar-refractivity contribution in [2.75, 3.05) is 7.05 Å². The second kappa shape index (κ2) is 9.00. The Balaban J connectivity index is 2.02. The Morgan fingerprint density at radius 3 is 2.00 bits per heavy atom. The number of aromatic amines is 1. The summed E-state index contributed by atoms with van der Waals surface area (Å²) in [5.74, 6) is -5.72. The molecule has 0 spiro atoms. The Morgan fingerprint density at radius 1 is 1.00 bits per heavy atom. The van der Waals surface area contributed by atoms with Gasteiger partial charge in [0.05, 0.1) is 16.7 Å². The number of carbonyl (C=O) groups excluding carboxylic acids is 1. The molecule has 6 nitrogen and oxygen atoms in total. The van der Waals surface area contributed by atoms with Crippen molar-refractivity contribution in [3.8, 4) is 17.1 Å². The van der Waals surface area contributed by atoms with Gasteiger partial charge in [-0.05, 0) is 35.9 Å². The third kappa shape index (κ3) is 5.41. The molecular weight excluding hydrogens is 494 g/mol. The average molecular weight is 507 g/mol. The lowest BCUT2D eigenvalue weighted by atomic mass is 10.0.